The zero-order chi connectivity index (χ0) is 15.2. The lowest BCUT2D eigenvalue weighted by Crippen LogP contribution is -2.22. The molecule has 20 heavy (non-hydrogen) atoms. The van der Waals surface area contributed by atoms with E-state index in [1.54, 1.807) is 18.2 Å². The highest BCUT2D eigenvalue weighted by Gasteiger charge is 2.13. The third kappa shape index (κ3) is 5.30. The Bertz CT molecular complexity index is 657. The van der Waals surface area contributed by atoms with E-state index in [1.807, 2.05) is 0 Å². The Morgan fingerprint density at radius 3 is 2.70 bits per heavy atom. The maximum absolute atomic E-state index is 11.6. The van der Waals surface area contributed by atoms with Crippen molar-refractivity contribution < 1.29 is 17.9 Å². The number of methoxy groups -OCH3 is 1. The third-order valence-electron chi connectivity index (χ3n) is 2.20. The molecule has 0 spiro atoms. The largest absolute Gasteiger partial charge is 0.495 e. The third-order valence-corrected chi connectivity index (χ3v) is 2.99. The summed E-state index contributed by atoms with van der Waals surface area (Å²) < 4.78 is 27.2. The van der Waals surface area contributed by atoms with E-state index >= 15 is 0 Å². The Hall–Kier alpha value is -2.04. The van der Waals surface area contributed by atoms with E-state index in [4.69, 9.17) is 10.5 Å². The molecule has 3 N–H and O–H groups in total. The van der Waals surface area contributed by atoms with Gasteiger partial charge < -0.3 is 15.8 Å². The van der Waals surface area contributed by atoms with Gasteiger partial charge in [0.25, 0.3) is 0 Å². The second-order valence-electron chi connectivity index (χ2n) is 4.04. The number of sulfone groups is 1. The predicted molar refractivity (Wildman–Crippen MR) is 77.3 cm³/mol. The molecule has 1 aromatic rings. The molecular weight excluding hydrogens is 280 g/mol. The van der Waals surface area contributed by atoms with E-state index < -0.39 is 21.5 Å². The molecule has 1 aromatic carbocycles. The SMILES string of the molecule is COc1ccc(C#CCN)cc1NC(=O)CS(C)(=O)=O. The van der Waals surface area contributed by atoms with Crippen molar-refractivity contribution in [2.24, 2.45) is 5.73 Å². The van der Waals surface area contributed by atoms with Crippen LogP contribution in [0.2, 0.25) is 0 Å². The number of ether oxygens (including phenoxy) is 1. The highest BCUT2D eigenvalue weighted by atomic mass is 32.2. The molecule has 0 aliphatic rings. The quantitative estimate of drug-likeness (QED) is 0.761. The molecule has 6 nitrogen and oxygen atoms in total. The van der Waals surface area contributed by atoms with Crippen LogP contribution in [0.1, 0.15) is 5.56 Å². The van der Waals surface area contributed by atoms with Gasteiger partial charge in [0.15, 0.2) is 9.84 Å². The molecule has 0 radical (unpaired) electrons. The first kappa shape index (κ1) is 16.0. The minimum atomic E-state index is -3.38. The molecule has 0 heterocycles. The van der Waals surface area contributed by atoms with Gasteiger partial charge in [-0.3, -0.25) is 4.79 Å². The topological polar surface area (TPSA) is 98.5 Å². The Kier molecular flexibility index (Phi) is 5.55. The second kappa shape index (κ2) is 6.93. The number of carbonyl (C=O) groups excluding carboxylic acids is 1. The highest BCUT2D eigenvalue weighted by molar-refractivity contribution is 7.91. The van der Waals surface area contributed by atoms with Crippen molar-refractivity contribution in [3.05, 3.63) is 23.8 Å². The number of hydrogen-bond donors (Lipinski definition) is 2. The molecule has 7 heteroatoms. The molecular formula is C13H16N2O4S. The van der Waals surface area contributed by atoms with Crippen molar-refractivity contribution in [2.75, 3.05) is 31.0 Å². The van der Waals surface area contributed by atoms with E-state index in [9.17, 15) is 13.2 Å². The Labute approximate surface area is 118 Å². The van der Waals surface area contributed by atoms with E-state index in [1.165, 1.54) is 7.11 Å². The van der Waals surface area contributed by atoms with Gasteiger partial charge in [-0.05, 0) is 18.2 Å². The van der Waals surface area contributed by atoms with Crippen LogP contribution in [-0.4, -0.2) is 40.0 Å². The number of nitrogens with one attached hydrogen (secondary N) is 1. The lowest BCUT2D eigenvalue weighted by molar-refractivity contribution is -0.113. The summed E-state index contributed by atoms with van der Waals surface area (Å²) in [7, 11) is -1.93. The number of hydrogen-bond acceptors (Lipinski definition) is 5. The Morgan fingerprint density at radius 1 is 1.45 bits per heavy atom. The summed E-state index contributed by atoms with van der Waals surface area (Å²) in [5.41, 5.74) is 6.30. The average Bonchev–Trinajstić information content (AvgIpc) is 2.34. The molecule has 1 amide bonds. The summed E-state index contributed by atoms with van der Waals surface area (Å²) in [6.07, 6.45) is 0.993. The van der Waals surface area contributed by atoms with Crippen LogP contribution >= 0.6 is 0 Å². The minimum absolute atomic E-state index is 0.224. The van der Waals surface area contributed by atoms with Gasteiger partial charge in [0, 0.05) is 11.8 Å². The summed E-state index contributed by atoms with van der Waals surface area (Å²) in [6.45, 7) is 0.224. The lowest BCUT2D eigenvalue weighted by Gasteiger charge is -2.10. The van der Waals surface area contributed by atoms with Crippen molar-refractivity contribution in [3.63, 3.8) is 0 Å². The number of benzene rings is 1. The molecule has 0 aliphatic carbocycles. The maximum Gasteiger partial charge on any atom is 0.239 e. The van der Waals surface area contributed by atoms with E-state index in [2.05, 4.69) is 17.2 Å². The van der Waals surface area contributed by atoms with E-state index in [0.717, 1.165) is 6.26 Å². The fourth-order valence-electron chi connectivity index (χ4n) is 1.46. The number of rotatable bonds is 4. The fraction of sp³-hybridized carbons (Fsp3) is 0.308. The first-order valence-electron chi connectivity index (χ1n) is 5.70. The maximum atomic E-state index is 11.6. The standard InChI is InChI=1S/C13H16N2O4S/c1-19-12-6-5-10(4-3-7-14)8-11(12)15-13(16)9-20(2,17)18/h5-6,8H,7,9,14H2,1-2H3,(H,15,16). The molecule has 0 fully saturated rings. The monoisotopic (exact) mass is 296 g/mol. The molecule has 0 unspecified atom stereocenters. The van der Waals surface area contributed by atoms with Crippen LogP contribution in [0.25, 0.3) is 0 Å². The molecule has 0 aliphatic heterocycles. The molecule has 108 valence electrons. The summed E-state index contributed by atoms with van der Waals surface area (Å²) in [6, 6.07) is 4.95. The summed E-state index contributed by atoms with van der Waals surface area (Å²) in [5, 5.41) is 2.49. The Balaban J connectivity index is 2.99. The van der Waals surface area contributed by atoms with E-state index in [0.29, 0.717) is 17.0 Å². The molecule has 0 bridgehead atoms. The molecule has 0 saturated heterocycles. The van der Waals surface area contributed by atoms with Crippen molar-refractivity contribution in [3.8, 4) is 17.6 Å². The molecule has 1 rings (SSSR count). The normalized spacial score (nSPS) is 10.3. The smallest absolute Gasteiger partial charge is 0.239 e. The van der Waals surface area contributed by atoms with Gasteiger partial charge in [0.05, 0.1) is 19.3 Å². The van der Waals surface area contributed by atoms with Crippen LogP contribution in [0.5, 0.6) is 5.75 Å². The van der Waals surface area contributed by atoms with Crippen LogP contribution < -0.4 is 15.8 Å². The van der Waals surface area contributed by atoms with Crippen LogP contribution in [0.15, 0.2) is 18.2 Å². The molecule has 0 aromatic heterocycles. The highest BCUT2D eigenvalue weighted by Crippen LogP contribution is 2.25. The minimum Gasteiger partial charge on any atom is -0.495 e. The fourth-order valence-corrected chi connectivity index (χ4v) is 2.01. The van der Waals surface area contributed by atoms with Crippen LogP contribution in [0.3, 0.4) is 0 Å². The van der Waals surface area contributed by atoms with Crippen molar-refractivity contribution in [1.29, 1.82) is 0 Å². The lowest BCUT2D eigenvalue weighted by atomic mass is 10.2. The van der Waals surface area contributed by atoms with Crippen LogP contribution in [0, 0.1) is 11.8 Å². The van der Waals surface area contributed by atoms with Crippen LogP contribution in [-0.2, 0) is 14.6 Å². The summed E-state index contributed by atoms with van der Waals surface area (Å²) >= 11 is 0. The first-order valence-corrected chi connectivity index (χ1v) is 7.76. The second-order valence-corrected chi connectivity index (χ2v) is 6.18. The van der Waals surface area contributed by atoms with E-state index in [-0.39, 0.29) is 6.54 Å². The summed E-state index contributed by atoms with van der Waals surface area (Å²) in [4.78, 5) is 11.6. The first-order chi connectivity index (χ1) is 9.35. The van der Waals surface area contributed by atoms with Gasteiger partial charge in [-0.2, -0.15) is 0 Å². The predicted octanol–water partition coefficient (Wildman–Crippen LogP) is -0.0115. The van der Waals surface area contributed by atoms with Gasteiger partial charge in [0.2, 0.25) is 5.91 Å². The number of anilines is 1. The van der Waals surface area contributed by atoms with Gasteiger partial charge in [-0.1, -0.05) is 11.8 Å². The Morgan fingerprint density at radius 2 is 2.15 bits per heavy atom. The van der Waals surface area contributed by atoms with Gasteiger partial charge in [0.1, 0.15) is 11.5 Å². The number of carbonyl (C=O) groups is 1. The molecule has 0 atom stereocenters. The average molecular weight is 296 g/mol. The summed E-state index contributed by atoms with van der Waals surface area (Å²) in [5.74, 6) is 4.71. The molecule has 0 saturated carbocycles. The van der Waals surface area contributed by atoms with Gasteiger partial charge >= 0.3 is 0 Å². The van der Waals surface area contributed by atoms with Crippen LogP contribution in [0.4, 0.5) is 5.69 Å². The zero-order valence-corrected chi connectivity index (χ0v) is 12.1. The van der Waals surface area contributed by atoms with Gasteiger partial charge in [-0.25, -0.2) is 8.42 Å². The number of nitrogens with two attached hydrogens (primary N) is 1. The van der Waals surface area contributed by atoms with Crippen molar-refractivity contribution >= 4 is 21.4 Å². The van der Waals surface area contributed by atoms with Gasteiger partial charge in [-0.15, -0.1) is 0 Å². The van der Waals surface area contributed by atoms with Crippen molar-refractivity contribution in [2.45, 2.75) is 0 Å². The number of amides is 1. The zero-order valence-electron chi connectivity index (χ0n) is 11.3. The van der Waals surface area contributed by atoms with Crippen molar-refractivity contribution in [1.82, 2.24) is 0 Å².